The lowest BCUT2D eigenvalue weighted by Crippen LogP contribution is -1.84. The van der Waals surface area contributed by atoms with Gasteiger partial charge in [0.1, 0.15) is 5.01 Å². The van der Waals surface area contributed by atoms with E-state index in [0.29, 0.717) is 5.75 Å². The normalized spacial score (nSPS) is 10.8. The zero-order chi connectivity index (χ0) is 13.4. The summed E-state index contributed by atoms with van der Waals surface area (Å²) in [4.78, 5) is 4.58. The van der Waals surface area contributed by atoms with E-state index >= 15 is 0 Å². The summed E-state index contributed by atoms with van der Waals surface area (Å²) in [6.07, 6.45) is 0. The van der Waals surface area contributed by atoms with Crippen LogP contribution in [0.15, 0.2) is 40.9 Å². The van der Waals surface area contributed by atoms with Crippen molar-refractivity contribution in [3.8, 4) is 22.1 Å². The van der Waals surface area contributed by atoms with Crippen molar-refractivity contribution >= 4 is 37.5 Å². The molecule has 96 valence electrons. The van der Waals surface area contributed by atoms with Gasteiger partial charge in [-0.2, -0.15) is 0 Å². The number of nitrogens with zero attached hydrogens (tertiary/aromatic N) is 1. The van der Waals surface area contributed by atoms with Crippen LogP contribution in [-0.2, 0) is 0 Å². The molecule has 0 amide bonds. The van der Waals surface area contributed by atoms with Gasteiger partial charge in [-0.3, -0.25) is 0 Å². The third-order valence-corrected chi connectivity index (χ3v) is 4.35. The van der Waals surface area contributed by atoms with Crippen LogP contribution in [0.25, 0.3) is 20.8 Å². The van der Waals surface area contributed by atoms with Gasteiger partial charge in [0.25, 0.3) is 0 Å². The van der Waals surface area contributed by atoms with Crippen molar-refractivity contribution in [2.45, 2.75) is 0 Å². The van der Waals surface area contributed by atoms with Gasteiger partial charge in [0.05, 0.1) is 17.3 Å². The van der Waals surface area contributed by atoms with E-state index in [-0.39, 0.29) is 5.75 Å². The van der Waals surface area contributed by atoms with Gasteiger partial charge in [-0.1, -0.05) is 15.9 Å². The van der Waals surface area contributed by atoms with Gasteiger partial charge in [0.2, 0.25) is 0 Å². The topological polar surface area (TPSA) is 42.4 Å². The lowest BCUT2D eigenvalue weighted by Gasteiger charge is -2.03. The molecule has 0 unspecified atom stereocenters. The number of rotatable bonds is 2. The highest BCUT2D eigenvalue weighted by Gasteiger charge is 2.09. The Labute approximate surface area is 122 Å². The summed E-state index contributed by atoms with van der Waals surface area (Å²) in [5.74, 6) is 0.591. The van der Waals surface area contributed by atoms with Gasteiger partial charge >= 0.3 is 0 Å². The average Bonchev–Trinajstić information content (AvgIpc) is 2.81. The second kappa shape index (κ2) is 4.83. The van der Waals surface area contributed by atoms with Crippen molar-refractivity contribution in [2.75, 3.05) is 7.11 Å². The summed E-state index contributed by atoms with van der Waals surface area (Å²) in [5.41, 5.74) is 1.83. The van der Waals surface area contributed by atoms with Crippen LogP contribution in [0, 0.1) is 0 Å². The Balaban J connectivity index is 2.11. The van der Waals surface area contributed by atoms with Crippen molar-refractivity contribution in [2.24, 2.45) is 0 Å². The van der Waals surface area contributed by atoms with E-state index in [1.54, 1.807) is 23.5 Å². The van der Waals surface area contributed by atoms with Crippen LogP contribution in [0.2, 0.25) is 0 Å². The first-order valence-electron chi connectivity index (χ1n) is 5.61. The van der Waals surface area contributed by atoms with Gasteiger partial charge in [-0.15, -0.1) is 11.3 Å². The summed E-state index contributed by atoms with van der Waals surface area (Å²) >= 11 is 5.03. The van der Waals surface area contributed by atoms with Crippen LogP contribution in [0.4, 0.5) is 0 Å². The highest BCUT2D eigenvalue weighted by atomic mass is 79.9. The third kappa shape index (κ3) is 2.31. The number of aromatic nitrogens is 1. The maximum atomic E-state index is 9.82. The predicted molar refractivity (Wildman–Crippen MR) is 81.0 cm³/mol. The van der Waals surface area contributed by atoms with E-state index in [2.05, 4.69) is 20.9 Å². The molecule has 19 heavy (non-hydrogen) atoms. The van der Waals surface area contributed by atoms with Crippen molar-refractivity contribution in [3.63, 3.8) is 0 Å². The van der Waals surface area contributed by atoms with Gasteiger partial charge in [0, 0.05) is 10.0 Å². The second-order valence-electron chi connectivity index (χ2n) is 4.02. The maximum absolute atomic E-state index is 9.82. The smallest absolute Gasteiger partial charge is 0.160 e. The monoisotopic (exact) mass is 335 g/mol. The van der Waals surface area contributed by atoms with Gasteiger partial charge in [0.15, 0.2) is 11.5 Å². The molecular formula is C14H10BrNO2S. The number of hydrogen-bond donors (Lipinski definition) is 1. The number of aromatic hydroxyl groups is 1. The number of phenolic OH excluding ortho intramolecular Hbond substituents is 1. The number of methoxy groups -OCH3 is 1. The molecule has 1 aromatic heterocycles. The summed E-state index contributed by atoms with van der Waals surface area (Å²) in [6.45, 7) is 0. The van der Waals surface area contributed by atoms with Crippen LogP contribution >= 0.6 is 27.3 Å². The van der Waals surface area contributed by atoms with E-state index in [1.807, 2.05) is 24.3 Å². The van der Waals surface area contributed by atoms with E-state index in [9.17, 15) is 5.11 Å². The molecule has 0 aliphatic rings. The molecule has 0 atom stereocenters. The molecule has 0 aliphatic heterocycles. The molecule has 0 spiro atoms. The number of ether oxygens (including phenoxy) is 1. The standard InChI is InChI=1S/C14H10BrNO2S/c1-18-12-4-2-8(6-11(12)17)14-16-10-7-9(15)3-5-13(10)19-14/h2-7,17H,1H3. The molecule has 0 saturated carbocycles. The Morgan fingerprint density at radius 3 is 2.79 bits per heavy atom. The number of fused-ring (bicyclic) bond motifs is 1. The maximum Gasteiger partial charge on any atom is 0.160 e. The van der Waals surface area contributed by atoms with Crippen LogP contribution in [0.3, 0.4) is 0 Å². The van der Waals surface area contributed by atoms with Gasteiger partial charge < -0.3 is 9.84 Å². The fourth-order valence-corrected chi connectivity index (χ4v) is 3.14. The fourth-order valence-electron chi connectivity index (χ4n) is 1.85. The van der Waals surface area contributed by atoms with Crippen molar-refractivity contribution in [1.82, 2.24) is 4.98 Å². The number of phenols is 1. The Hall–Kier alpha value is -1.59. The molecule has 3 nitrogen and oxygen atoms in total. The van der Waals surface area contributed by atoms with Crippen molar-refractivity contribution in [1.29, 1.82) is 0 Å². The number of benzene rings is 2. The number of hydrogen-bond acceptors (Lipinski definition) is 4. The minimum atomic E-state index is 0.125. The Morgan fingerprint density at radius 1 is 1.21 bits per heavy atom. The Kier molecular flexibility index (Phi) is 3.16. The molecule has 3 aromatic rings. The lowest BCUT2D eigenvalue weighted by molar-refractivity contribution is 0.373. The second-order valence-corrected chi connectivity index (χ2v) is 5.96. The van der Waals surface area contributed by atoms with E-state index in [1.165, 1.54) is 7.11 Å². The van der Waals surface area contributed by atoms with Crippen molar-refractivity contribution < 1.29 is 9.84 Å². The quantitative estimate of drug-likeness (QED) is 0.752. The highest BCUT2D eigenvalue weighted by Crippen LogP contribution is 2.35. The first-order chi connectivity index (χ1) is 9.17. The fraction of sp³-hybridized carbons (Fsp3) is 0.0714. The highest BCUT2D eigenvalue weighted by molar-refractivity contribution is 9.10. The minimum absolute atomic E-state index is 0.125. The molecule has 0 radical (unpaired) electrons. The molecular weight excluding hydrogens is 326 g/mol. The van der Waals surface area contributed by atoms with E-state index < -0.39 is 0 Å². The SMILES string of the molecule is COc1ccc(-c2nc3cc(Br)ccc3s2)cc1O. The summed E-state index contributed by atoms with van der Waals surface area (Å²) in [7, 11) is 1.53. The molecule has 0 bridgehead atoms. The summed E-state index contributed by atoms with van der Waals surface area (Å²) in [6, 6.07) is 11.3. The predicted octanol–water partition coefficient (Wildman–Crippen LogP) is 4.44. The molecule has 1 heterocycles. The van der Waals surface area contributed by atoms with E-state index in [0.717, 1.165) is 25.3 Å². The van der Waals surface area contributed by atoms with Crippen LogP contribution in [0.5, 0.6) is 11.5 Å². The zero-order valence-corrected chi connectivity index (χ0v) is 12.5. The van der Waals surface area contributed by atoms with E-state index in [4.69, 9.17) is 4.74 Å². The molecule has 0 aliphatic carbocycles. The molecule has 2 aromatic carbocycles. The summed E-state index contributed by atoms with van der Waals surface area (Å²) in [5, 5.41) is 10.7. The lowest BCUT2D eigenvalue weighted by atomic mass is 10.2. The summed E-state index contributed by atoms with van der Waals surface area (Å²) < 4.78 is 7.17. The van der Waals surface area contributed by atoms with Crippen LogP contribution < -0.4 is 4.74 Å². The average molecular weight is 336 g/mol. The first kappa shape index (κ1) is 12.4. The number of thiazole rings is 1. The minimum Gasteiger partial charge on any atom is -0.504 e. The first-order valence-corrected chi connectivity index (χ1v) is 7.22. The third-order valence-electron chi connectivity index (χ3n) is 2.78. The molecule has 1 N–H and O–H groups in total. The Bertz CT molecular complexity index is 754. The van der Waals surface area contributed by atoms with Crippen molar-refractivity contribution in [3.05, 3.63) is 40.9 Å². The van der Waals surface area contributed by atoms with Gasteiger partial charge in [-0.25, -0.2) is 4.98 Å². The molecule has 5 heteroatoms. The Morgan fingerprint density at radius 2 is 2.05 bits per heavy atom. The number of halogens is 1. The molecule has 3 rings (SSSR count). The zero-order valence-electron chi connectivity index (χ0n) is 10.1. The molecule has 0 saturated heterocycles. The largest absolute Gasteiger partial charge is 0.504 e. The van der Waals surface area contributed by atoms with Crippen LogP contribution in [-0.4, -0.2) is 17.2 Å². The van der Waals surface area contributed by atoms with Gasteiger partial charge in [-0.05, 0) is 36.4 Å². The van der Waals surface area contributed by atoms with Crippen LogP contribution in [0.1, 0.15) is 0 Å². The molecule has 0 fully saturated rings.